The van der Waals surface area contributed by atoms with Gasteiger partial charge in [-0.25, -0.2) is 4.57 Å². The highest BCUT2D eigenvalue weighted by Gasteiger charge is 2.22. The molecule has 1 heterocycles. The van der Waals surface area contributed by atoms with Crippen molar-refractivity contribution in [1.29, 1.82) is 0 Å². The van der Waals surface area contributed by atoms with Crippen LogP contribution in [0.3, 0.4) is 0 Å². The van der Waals surface area contributed by atoms with Gasteiger partial charge in [-0.15, -0.1) is 0 Å². The monoisotopic (exact) mass is 261 g/mol. The van der Waals surface area contributed by atoms with Gasteiger partial charge in [0.25, 0.3) is 0 Å². The highest BCUT2D eigenvalue weighted by Crippen LogP contribution is 2.21. The third-order valence-corrected chi connectivity index (χ3v) is 4.16. The molecule has 3 heteroatoms. The molecule has 2 rings (SSSR count). The predicted octanol–water partition coefficient (Wildman–Crippen LogP) is 2.46. The van der Waals surface area contributed by atoms with Crippen molar-refractivity contribution in [3.63, 3.8) is 0 Å². The Labute approximate surface area is 116 Å². The summed E-state index contributed by atoms with van der Waals surface area (Å²) in [5, 5.41) is 0. The lowest BCUT2D eigenvalue weighted by Crippen LogP contribution is -2.41. The molecule has 0 atom stereocenters. The van der Waals surface area contributed by atoms with Crippen molar-refractivity contribution in [2.75, 3.05) is 7.05 Å². The van der Waals surface area contributed by atoms with Crippen molar-refractivity contribution in [1.82, 2.24) is 4.90 Å². The zero-order valence-electron chi connectivity index (χ0n) is 12.1. The number of rotatable bonds is 4. The summed E-state index contributed by atoms with van der Waals surface area (Å²) in [6, 6.07) is 4.63. The Hall–Kier alpha value is -1.38. The molecule has 0 saturated heterocycles. The van der Waals surface area contributed by atoms with Gasteiger partial charge in [0.2, 0.25) is 5.91 Å². The molecule has 0 aliphatic heterocycles. The quantitative estimate of drug-likeness (QED) is 0.764. The first-order valence-electron chi connectivity index (χ1n) is 7.38. The summed E-state index contributed by atoms with van der Waals surface area (Å²) in [4.78, 5) is 14.2. The fourth-order valence-electron chi connectivity index (χ4n) is 2.75. The third kappa shape index (κ3) is 4.05. The van der Waals surface area contributed by atoms with Gasteiger partial charge in [-0.3, -0.25) is 4.79 Å². The summed E-state index contributed by atoms with van der Waals surface area (Å²) >= 11 is 0. The van der Waals surface area contributed by atoms with Crippen LogP contribution in [-0.2, 0) is 11.3 Å². The van der Waals surface area contributed by atoms with Gasteiger partial charge in [-0.2, -0.15) is 0 Å². The molecule has 0 aromatic carbocycles. The lowest BCUT2D eigenvalue weighted by molar-refractivity contribution is -0.696. The van der Waals surface area contributed by atoms with E-state index in [0.717, 1.165) is 6.54 Å². The second-order valence-electron chi connectivity index (χ2n) is 5.66. The fraction of sp³-hybridized carbons (Fsp3) is 0.625. The van der Waals surface area contributed by atoms with E-state index in [1.54, 1.807) is 0 Å². The van der Waals surface area contributed by atoms with Gasteiger partial charge in [-0.05, 0) is 25.3 Å². The number of nitrogens with zero attached hydrogens (tertiary/aromatic N) is 2. The topological polar surface area (TPSA) is 24.2 Å². The van der Waals surface area contributed by atoms with E-state index in [-0.39, 0.29) is 5.91 Å². The highest BCUT2D eigenvalue weighted by atomic mass is 16.2. The first-order chi connectivity index (χ1) is 9.16. The van der Waals surface area contributed by atoms with Crippen molar-refractivity contribution < 1.29 is 9.36 Å². The van der Waals surface area contributed by atoms with Gasteiger partial charge in [-0.1, -0.05) is 19.3 Å². The van der Waals surface area contributed by atoms with E-state index in [4.69, 9.17) is 0 Å². The van der Waals surface area contributed by atoms with E-state index in [0.29, 0.717) is 12.5 Å². The van der Waals surface area contributed by atoms with Crippen LogP contribution in [0.2, 0.25) is 0 Å². The van der Waals surface area contributed by atoms with Crippen molar-refractivity contribution >= 4 is 5.91 Å². The molecule has 104 valence electrons. The van der Waals surface area contributed by atoms with Crippen LogP contribution in [0.5, 0.6) is 0 Å². The lowest BCUT2D eigenvalue weighted by Gasteiger charge is -2.31. The Kier molecular flexibility index (Phi) is 4.94. The Morgan fingerprint density at radius 2 is 1.89 bits per heavy atom. The molecule has 0 spiro atoms. The summed E-state index contributed by atoms with van der Waals surface area (Å²) < 4.78 is 2.08. The average Bonchev–Trinajstić information content (AvgIpc) is 2.46. The molecule has 1 aliphatic rings. The van der Waals surface area contributed by atoms with Gasteiger partial charge in [0.1, 0.15) is 0 Å². The van der Waals surface area contributed by atoms with Crippen molar-refractivity contribution in [2.24, 2.45) is 0 Å². The first-order valence-corrected chi connectivity index (χ1v) is 7.38. The minimum atomic E-state index is 0.278. The summed E-state index contributed by atoms with van der Waals surface area (Å²) in [7, 11) is 1.97. The second-order valence-corrected chi connectivity index (χ2v) is 5.66. The first kappa shape index (κ1) is 14.0. The van der Waals surface area contributed by atoms with E-state index in [9.17, 15) is 4.79 Å². The molecule has 0 N–H and O–H groups in total. The maximum absolute atomic E-state index is 12.2. The largest absolute Gasteiger partial charge is 0.343 e. The molecule has 1 amide bonds. The van der Waals surface area contributed by atoms with Crippen molar-refractivity contribution in [3.8, 4) is 0 Å². The Bertz CT molecular complexity index is 407. The van der Waals surface area contributed by atoms with Crippen molar-refractivity contribution in [2.45, 2.75) is 58.0 Å². The number of amides is 1. The smallest absolute Gasteiger partial charge is 0.228 e. The zero-order valence-corrected chi connectivity index (χ0v) is 12.1. The molecular formula is C16H25N2O+. The van der Waals surface area contributed by atoms with E-state index >= 15 is 0 Å². The predicted molar refractivity (Wildman–Crippen MR) is 75.6 cm³/mol. The summed E-state index contributed by atoms with van der Waals surface area (Å²) in [5.74, 6) is 0.278. The number of carbonyl (C=O) groups excluding carboxylic acids is 1. The number of carbonyl (C=O) groups is 1. The zero-order chi connectivity index (χ0) is 13.7. The Morgan fingerprint density at radius 1 is 1.26 bits per heavy atom. The molecular weight excluding hydrogens is 236 g/mol. The van der Waals surface area contributed by atoms with Crippen LogP contribution in [0.1, 0.15) is 44.1 Å². The Balaban J connectivity index is 1.81. The van der Waals surface area contributed by atoms with Gasteiger partial charge >= 0.3 is 0 Å². The molecule has 3 nitrogen and oxygen atoms in total. The van der Waals surface area contributed by atoms with Gasteiger partial charge in [0, 0.05) is 25.2 Å². The van der Waals surface area contributed by atoms with Crippen LogP contribution in [0.25, 0.3) is 0 Å². The summed E-state index contributed by atoms with van der Waals surface area (Å²) in [6.45, 7) is 2.85. The summed E-state index contributed by atoms with van der Waals surface area (Å²) in [5.41, 5.74) is 1.25. The number of aryl methyl sites for hydroxylation is 2. The standard InChI is InChI=1S/C16H25N2O/c1-14-8-11-18(12-9-14)13-10-16(19)17(2)15-6-4-3-5-7-15/h8-9,11-12,15H,3-7,10,13H2,1-2H3/q+1. The number of hydrogen-bond donors (Lipinski definition) is 0. The van der Waals surface area contributed by atoms with Gasteiger partial charge < -0.3 is 4.90 Å². The molecule has 1 fully saturated rings. The molecule has 0 unspecified atom stereocenters. The molecule has 1 aromatic heterocycles. The molecule has 1 saturated carbocycles. The van der Waals surface area contributed by atoms with E-state index < -0.39 is 0 Å². The van der Waals surface area contributed by atoms with Crippen LogP contribution in [0.4, 0.5) is 0 Å². The Morgan fingerprint density at radius 3 is 2.53 bits per heavy atom. The maximum atomic E-state index is 12.2. The minimum absolute atomic E-state index is 0.278. The van der Waals surface area contributed by atoms with E-state index in [1.807, 2.05) is 24.3 Å². The van der Waals surface area contributed by atoms with Crippen LogP contribution in [-0.4, -0.2) is 23.9 Å². The van der Waals surface area contributed by atoms with Gasteiger partial charge in [0.15, 0.2) is 18.9 Å². The SMILES string of the molecule is Cc1cc[n+](CCC(=O)N(C)C2CCCCC2)cc1. The fourth-order valence-corrected chi connectivity index (χ4v) is 2.75. The van der Waals surface area contributed by atoms with Crippen LogP contribution in [0.15, 0.2) is 24.5 Å². The molecule has 1 aromatic rings. The van der Waals surface area contributed by atoms with Crippen LogP contribution < -0.4 is 4.57 Å². The normalized spacial score (nSPS) is 16.3. The lowest BCUT2D eigenvalue weighted by atomic mass is 9.94. The van der Waals surface area contributed by atoms with Crippen LogP contribution >= 0.6 is 0 Å². The van der Waals surface area contributed by atoms with Gasteiger partial charge in [0.05, 0.1) is 6.42 Å². The third-order valence-electron chi connectivity index (χ3n) is 4.16. The maximum Gasteiger partial charge on any atom is 0.228 e. The highest BCUT2D eigenvalue weighted by molar-refractivity contribution is 5.76. The molecule has 19 heavy (non-hydrogen) atoms. The number of aromatic nitrogens is 1. The average molecular weight is 261 g/mol. The summed E-state index contributed by atoms with van der Waals surface area (Å²) in [6.07, 6.45) is 10.9. The molecule has 0 radical (unpaired) electrons. The second kappa shape index (κ2) is 6.69. The van der Waals surface area contributed by atoms with Crippen LogP contribution in [0, 0.1) is 6.92 Å². The molecule has 0 bridgehead atoms. The minimum Gasteiger partial charge on any atom is -0.343 e. The van der Waals surface area contributed by atoms with E-state index in [2.05, 4.69) is 23.6 Å². The number of pyridine rings is 1. The van der Waals surface area contributed by atoms with E-state index in [1.165, 1.54) is 37.7 Å². The van der Waals surface area contributed by atoms with Crippen molar-refractivity contribution in [3.05, 3.63) is 30.1 Å². The molecule has 1 aliphatic carbocycles. The number of hydrogen-bond acceptors (Lipinski definition) is 1.